The van der Waals surface area contributed by atoms with Crippen molar-refractivity contribution >= 4 is 52.5 Å². The van der Waals surface area contributed by atoms with E-state index in [9.17, 15) is 10.1 Å². The highest BCUT2D eigenvalue weighted by atomic mass is 35.5. The van der Waals surface area contributed by atoms with Crippen molar-refractivity contribution in [2.45, 2.75) is 13.5 Å². The maximum Gasteiger partial charge on any atom is 0.266 e. The quantitative estimate of drug-likeness (QED) is 0.262. The van der Waals surface area contributed by atoms with Crippen LogP contribution in [0.3, 0.4) is 0 Å². The number of amides is 1. The average Bonchev–Trinajstić information content (AvgIpc) is 2.78. The number of carbonyl (C=O) groups excluding carboxylic acids is 1. The molecule has 0 unspecified atom stereocenters. The molecule has 168 valence electrons. The molecule has 0 aliphatic heterocycles. The predicted molar refractivity (Wildman–Crippen MR) is 132 cm³/mol. The Morgan fingerprint density at radius 1 is 1.00 bits per heavy atom. The first-order valence-corrected chi connectivity index (χ1v) is 11.1. The molecule has 1 N–H and O–H groups in total. The molecule has 0 radical (unpaired) electrons. The molecule has 1 amide bonds. The zero-order chi connectivity index (χ0) is 23.8. The van der Waals surface area contributed by atoms with Crippen molar-refractivity contribution in [2.24, 2.45) is 0 Å². The summed E-state index contributed by atoms with van der Waals surface area (Å²) in [5.41, 5.74) is 1.68. The number of hydrogen-bond donors (Lipinski definition) is 1. The van der Waals surface area contributed by atoms with Crippen molar-refractivity contribution in [1.82, 2.24) is 0 Å². The highest BCUT2D eigenvalue weighted by Crippen LogP contribution is 2.32. The largest absolute Gasteiger partial charge is 0.490 e. The summed E-state index contributed by atoms with van der Waals surface area (Å²) >= 11 is 18.4. The van der Waals surface area contributed by atoms with Crippen LogP contribution in [-0.4, -0.2) is 12.5 Å². The highest BCUT2D eigenvalue weighted by molar-refractivity contribution is 6.36. The number of benzene rings is 3. The van der Waals surface area contributed by atoms with Gasteiger partial charge in [-0.25, -0.2) is 0 Å². The SMILES string of the molecule is CCOc1cc(/C=C(\C#N)C(=O)Nc2cccc(Cl)c2)ccc1OCc1c(Cl)cccc1Cl. The number of nitrogens with zero attached hydrogens (tertiary/aromatic N) is 1. The van der Waals surface area contributed by atoms with E-state index in [2.05, 4.69) is 5.32 Å². The van der Waals surface area contributed by atoms with Gasteiger partial charge in [-0.1, -0.05) is 53.0 Å². The lowest BCUT2D eigenvalue weighted by Gasteiger charge is -2.14. The van der Waals surface area contributed by atoms with Gasteiger partial charge in [0.1, 0.15) is 18.2 Å². The van der Waals surface area contributed by atoms with E-state index in [1.807, 2.05) is 13.0 Å². The van der Waals surface area contributed by atoms with Crippen molar-refractivity contribution in [3.63, 3.8) is 0 Å². The van der Waals surface area contributed by atoms with Gasteiger partial charge in [0.25, 0.3) is 5.91 Å². The molecule has 8 heteroatoms. The van der Waals surface area contributed by atoms with Crippen molar-refractivity contribution in [3.05, 3.63) is 92.4 Å². The number of nitrogens with one attached hydrogen (secondary N) is 1. The normalized spacial score (nSPS) is 10.9. The summed E-state index contributed by atoms with van der Waals surface area (Å²) in [5, 5.41) is 13.6. The van der Waals surface area contributed by atoms with Crippen molar-refractivity contribution in [2.75, 3.05) is 11.9 Å². The Morgan fingerprint density at radius 3 is 2.39 bits per heavy atom. The molecule has 0 saturated carbocycles. The first-order chi connectivity index (χ1) is 15.9. The first-order valence-electron chi connectivity index (χ1n) is 9.92. The van der Waals surface area contributed by atoms with Crippen LogP contribution in [0.25, 0.3) is 6.08 Å². The van der Waals surface area contributed by atoms with Gasteiger partial charge in [0.15, 0.2) is 11.5 Å². The minimum absolute atomic E-state index is 0.0751. The van der Waals surface area contributed by atoms with Crippen LogP contribution in [0.15, 0.2) is 66.2 Å². The lowest BCUT2D eigenvalue weighted by Crippen LogP contribution is -2.13. The number of hydrogen-bond acceptors (Lipinski definition) is 4. The van der Waals surface area contributed by atoms with Crippen LogP contribution in [-0.2, 0) is 11.4 Å². The van der Waals surface area contributed by atoms with Crippen LogP contribution in [0.5, 0.6) is 11.5 Å². The molecule has 3 rings (SSSR count). The van der Waals surface area contributed by atoms with Crippen LogP contribution in [0.1, 0.15) is 18.1 Å². The Balaban J connectivity index is 1.81. The van der Waals surface area contributed by atoms with Gasteiger partial charge in [-0.05, 0) is 61.0 Å². The van der Waals surface area contributed by atoms with Gasteiger partial charge in [-0.15, -0.1) is 0 Å². The third-order valence-corrected chi connectivity index (χ3v) is 5.40. The van der Waals surface area contributed by atoms with E-state index in [0.29, 0.717) is 50.0 Å². The number of anilines is 1. The molecule has 0 aliphatic rings. The smallest absolute Gasteiger partial charge is 0.266 e. The zero-order valence-corrected chi connectivity index (χ0v) is 19.8. The Labute approximate surface area is 207 Å². The third kappa shape index (κ3) is 6.66. The molecular weight excluding hydrogens is 483 g/mol. The fourth-order valence-corrected chi connectivity index (χ4v) is 3.60. The van der Waals surface area contributed by atoms with Gasteiger partial charge >= 0.3 is 0 Å². The van der Waals surface area contributed by atoms with Crippen LogP contribution in [0.4, 0.5) is 5.69 Å². The van der Waals surface area contributed by atoms with Crippen LogP contribution in [0.2, 0.25) is 15.1 Å². The summed E-state index contributed by atoms with van der Waals surface area (Å²) in [7, 11) is 0. The van der Waals surface area contributed by atoms with Crippen LogP contribution in [0, 0.1) is 11.3 Å². The fraction of sp³-hybridized carbons (Fsp3) is 0.120. The van der Waals surface area contributed by atoms with E-state index in [1.165, 1.54) is 6.08 Å². The summed E-state index contributed by atoms with van der Waals surface area (Å²) < 4.78 is 11.6. The molecule has 0 aromatic heterocycles. The molecule has 3 aromatic carbocycles. The second-order valence-corrected chi connectivity index (χ2v) is 8.01. The molecule has 0 bridgehead atoms. The van der Waals surface area contributed by atoms with E-state index < -0.39 is 5.91 Å². The third-order valence-electron chi connectivity index (χ3n) is 4.46. The Morgan fingerprint density at radius 2 is 1.73 bits per heavy atom. The fourth-order valence-electron chi connectivity index (χ4n) is 2.90. The van der Waals surface area contributed by atoms with Crippen molar-refractivity contribution in [3.8, 4) is 17.6 Å². The summed E-state index contributed by atoms with van der Waals surface area (Å²) in [6, 6.07) is 18.9. The Kier molecular flexibility index (Phi) is 8.62. The van der Waals surface area contributed by atoms with E-state index in [-0.39, 0.29) is 12.2 Å². The first kappa shape index (κ1) is 24.5. The van der Waals surface area contributed by atoms with Gasteiger partial charge < -0.3 is 14.8 Å². The summed E-state index contributed by atoms with van der Waals surface area (Å²) in [5.74, 6) is 0.389. The number of nitriles is 1. The van der Waals surface area contributed by atoms with Crippen LogP contribution < -0.4 is 14.8 Å². The van der Waals surface area contributed by atoms with E-state index in [4.69, 9.17) is 44.3 Å². The molecule has 0 atom stereocenters. The lowest BCUT2D eigenvalue weighted by molar-refractivity contribution is -0.112. The maximum absolute atomic E-state index is 12.5. The molecule has 0 saturated heterocycles. The molecule has 3 aromatic rings. The Bertz CT molecular complexity index is 1220. The molecule has 0 heterocycles. The van der Waals surface area contributed by atoms with E-state index >= 15 is 0 Å². The van der Waals surface area contributed by atoms with Gasteiger partial charge in [-0.2, -0.15) is 5.26 Å². The molecule has 33 heavy (non-hydrogen) atoms. The molecule has 5 nitrogen and oxygen atoms in total. The predicted octanol–water partition coefficient (Wildman–Crippen LogP) is 7.17. The lowest BCUT2D eigenvalue weighted by atomic mass is 10.1. The monoisotopic (exact) mass is 500 g/mol. The van der Waals surface area contributed by atoms with Crippen molar-refractivity contribution in [1.29, 1.82) is 5.26 Å². The van der Waals surface area contributed by atoms with Gasteiger partial charge in [0.2, 0.25) is 0 Å². The topological polar surface area (TPSA) is 71.3 Å². The number of rotatable bonds is 8. The van der Waals surface area contributed by atoms with Gasteiger partial charge in [0, 0.05) is 26.3 Å². The van der Waals surface area contributed by atoms with Crippen molar-refractivity contribution < 1.29 is 14.3 Å². The van der Waals surface area contributed by atoms with Crippen LogP contribution >= 0.6 is 34.8 Å². The second-order valence-electron chi connectivity index (χ2n) is 6.76. The van der Waals surface area contributed by atoms with E-state index in [0.717, 1.165) is 0 Å². The summed E-state index contributed by atoms with van der Waals surface area (Å²) in [6.07, 6.45) is 1.47. The number of halogens is 3. The molecule has 0 aliphatic carbocycles. The number of ether oxygens (including phenoxy) is 2. The minimum Gasteiger partial charge on any atom is -0.490 e. The number of carbonyl (C=O) groups is 1. The van der Waals surface area contributed by atoms with Gasteiger partial charge in [-0.3, -0.25) is 4.79 Å². The Hall–Kier alpha value is -3.17. The summed E-state index contributed by atoms with van der Waals surface area (Å²) in [6.45, 7) is 2.40. The molecular formula is C25H19Cl3N2O3. The zero-order valence-electron chi connectivity index (χ0n) is 17.6. The second kappa shape index (κ2) is 11.6. The highest BCUT2D eigenvalue weighted by Gasteiger charge is 2.13. The maximum atomic E-state index is 12.5. The summed E-state index contributed by atoms with van der Waals surface area (Å²) in [4.78, 5) is 12.5. The van der Waals surface area contributed by atoms with E-state index in [1.54, 1.807) is 60.7 Å². The average molecular weight is 502 g/mol. The minimum atomic E-state index is -0.550. The van der Waals surface area contributed by atoms with Gasteiger partial charge in [0.05, 0.1) is 6.61 Å². The molecule has 0 fully saturated rings. The standard InChI is InChI=1S/C25H19Cl3N2O3/c1-2-32-24-12-16(9-10-23(24)33-15-20-21(27)7-4-8-22(20)28)11-17(14-29)25(31)30-19-6-3-5-18(26)13-19/h3-13H,2,15H2,1H3,(H,30,31)/b17-11+. The molecule has 0 spiro atoms.